The average Bonchev–Trinajstić information content (AvgIpc) is 1.30. The first-order valence-electron chi connectivity index (χ1n) is 3.06. The first kappa shape index (κ1) is 7.53. The van der Waals surface area contributed by atoms with Crippen LogP contribution in [-0.2, 0) is 0 Å². The molecular formula is C6H15Al. The monoisotopic (exact) mass is 114 g/mol. The van der Waals surface area contributed by atoms with Crippen LogP contribution in [-0.4, -0.2) is 16.3 Å². The van der Waals surface area contributed by atoms with Crippen LogP contribution in [0.4, 0.5) is 0 Å². The zero-order valence-electron chi connectivity index (χ0n) is 5.91. The van der Waals surface area contributed by atoms with E-state index in [-0.39, 0.29) is 0 Å². The van der Waals surface area contributed by atoms with Gasteiger partial charge in [0.25, 0.3) is 0 Å². The van der Waals surface area contributed by atoms with Crippen molar-refractivity contribution in [3.05, 3.63) is 0 Å². The van der Waals surface area contributed by atoms with Crippen LogP contribution in [0, 0.1) is 5.41 Å². The SMILES string of the molecule is CC(C)(C)C[CH2][AlH2]. The topological polar surface area (TPSA) is 0 Å². The third kappa shape index (κ3) is 6.53. The minimum atomic E-state index is 0.585. The van der Waals surface area contributed by atoms with Crippen LogP contribution in [0.15, 0.2) is 0 Å². The van der Waals surface area contributed by atoms with E-state index in [2.05, 4.69) is 20.8 Å². The van der Waals surface area contributed by atoms with Gasteiger partial charge in [-0.3, -0.25) is 0 Å². The standard InChI is InChI=1S/C6H13.Al.2H/c1-5-6(2,3)4;;;/h1,5H2,2-4H3;;;. The van der Waals surface area contributed by atoms with Gasteiger partial charge in [-0.1, -0.05) is 27.2 Å². The lowest BCUT2D eigenvalue weighted by Crippen LogP contribution is -2.02. The molecule has 0 aliphatic carbocycles. The lowest BCUT2D eigenvalue weighted by atomic mass is 9.94. The summed E-state index contributed by atoms with van der Waals surface area (Å²) >= 11 is 1.37. The smallest absolute Gasteiger partial charge is 0.101 e. The van der Waals surface area contributed by atoms with Crippen LogP contribution in [0.5, 0.6) is 0 Å². The minimum Gasteiger partial charge on any atom is -0.101 e. The predicted octanol–water partition coefficient (Wildman–Crippen LogP) is 1.47. The Morgan fingerprint density at radius 1 is 1.29 bits per heavy atom. The van der Waals surface area contributed by atoms with Crippen molar-refractivity contribution in [2.24, 2.45) is 5.41 Å². The van der Waals surface area contributed by atoms with Gasteiger partial charge in [-0.25, -0.2) is 0 Å². The molecule has 0 nitrogen and oxygen atoms in total. The van der Waals surface area contributed by atoms with Crippen molar-refractivity contribution in [2.75, 3.05) is 0 Å². The Labute approximate surface area is 54.7 Å². The number of hydrogen-bond acceptors (Lipinski definition) is 0. The van der Waals surface area contributed by atoms with Crippen molar-refractivity contribution in [1.82, 2.24) is 0 Å². The Morgan fingerprint density at radius 2 is 1.71 bits per heavy atom. The number of hydrogen-bond donors (Lipinski definition) is 0. The fourth-order valence-electron chi connectivity index (χ4n) is 0.750. The van der Waals surface area contributed by atoms with Gasteiger partial charge in [-0.15, -0.1) is 5.28 Å². The molecule has 42 valence electrons. The Kier molecular flexibility index (Phi) is 2.96. The predicted molar refractivity (Wildman–Crippen MR) is 37.4 cm³/mol. The molecule has 0 saturated heterocycles. The van der Waals surface area contributed by atoms with E-state index in [1.807, 2.05) is 0 Å². The van der Waals surface area contributed by atoms with Crippen molar-refractivity contribution >= 4 is 16.3 Å². The van der Waals surface area contributed by atoms with Crippen molar-refractivity contribution < 1.29 is 0 Å². The minimum absolute atomic E-state index is 0.585. The molecule has 0 aromatic carbocycles. The molecule has 0 unspecified atom stereocenters. The molecule has 0 N–H and O–H groups in total. The molecule has 0 rings (SSSR count). The van der Waals surface area contributed by atoms with Crippen molar-refractivity contribution in [3.8, 4) is 0 Å². The second-order valence-corrected chi connectivity index (χ2v) is 4.31. The molecule has 0 heterocycles. The Hall–Kier alpha value is 0.532. The molecule has 0 radical (unpaired) electrons. The quantitative estimate of drug-likeness (QED) is 0.453. The van der Waals surface area contributed by atoms with Gasteiger partial charge in [0.05, 0.1) is 0 Å². The van der Waals surface area contributed by atoms with Gasteiger partial charge < -0.3 is 0 Å². The molecule has 0 bridgehead atoms. The van der Waals surface area contributed by atoms with Gasteiger partial charge in [0.15, 0.2) is 0 Å². The normalized spacial score (nSPS) is 11.9. The van der Waals surface area contributed by atoms with E-state index in [4.69, 9.17) is 0 Å². The summed E-state index contributed by atoms with van der Waals surface area (Å²) in [7, 11) is 0. The fraction of sp³-hybridized carbons (Fsp3) is 1.00. The van der Waals surface area contributed by atoms with E-state index in [1.54, 1.807) is 0 Å². The molecule has 0 fully saturated rings. The summed E-state index contributed by atoms with van der Waals surface area (Å²) in [5.74, 6) is 0. The van der Waals surface area contributed by atoms with Gasteiger partial charge in [0.2, 0.25) is 16.3 Å². The molecule has 0 aromatic rings. The molecule has 0 aliphatic heterocycles. The Bertz CT molecular complexity index is 42.6. The molecule has 0 aromatic heterocycles. The first-order chi connectivity index (χ1) is 3.06. The van der Waals surface area contributed by atoms with Crippen LogP contribution in [0.1, 0.15) is 27.2 Å². The summed E-state index contributed by atoms with van der Waals surface area (Å²) in [4.78, 5) is 0. The van der Waals surface area contributed by atoms with Crippen molar-refractivity contribution in [1.29, 1.82) is 0 Å². The summed E-state index contributed by atoms with van der Waals surface area (Å²) in [6.45, 7) is 6.89. The number of rotatable bonds is 1. The van der Waals surface area contributed by atoms with Crippen LogP contribution in [0.2, 0.25) is 5.28 Å². The average molecular weight is 114 g/mol. The maximum absolute atomic E-state index is 2.30. The summed E-state index contributed by atoms with van der Waals surface area (Å²) in [6.07, 6.45) is 1.40. The highest BCUT2D eigenvalue weighted by molar-refractivity contribution is 6.08. The van der Waals surface area contributed by atoms with Gasteiger partial charge in [-0.05, 0) is 5.41 Å². The second-order valence-electron chi connectivity index (χ2n) is 3.31. The summed E-state index contributed by atoms with van der Waals surface area (Å²) in [5, 5.41) is 1.45. The molecule has 0 amide bonds. The zero-order chi connectivity index (χ0) is 5.91. The first-order valence-corrected chi connectivity index (χ1v) is 4.47. The van der Waals surface area contributed by atoms with Gasteiger partial charge >= 0.3 is 0 Å². The highest BCUT2D eigenvalue weighted by Crippen LogP contribution is 2.19. The van der Waals surface area contributed by atoms with Crippen LogP contribution in [0.3, 0.4) is 0 Å². The molecule has 0 atom stereocenters. The maximum Gasteiger partial charge on any atom is 0.211 e. The third-order valence-corrected chi connectivity index (χ3v) is 1.50. The molecule has 0 spiro atoms. The summed E-state index contributed by atoms with van der Waals surface area (Å²) in [6, 6.07) is 0. The molecular weight excluding hydrogens is 99.0 g/mol. The van der Waals surface area contributed by atoms with Crippen molar-refractivity contribution in [2.45, 2.75) is 32.5 Å². The highest BCUT2D eigenvalue weighted by atomic mass is 27.0. The Morgan fingerprint density at radius 3 is 1.71 bits per heavy atom. The van der Waals surface area contributed by atoms with Gasteiger partial charge in [0, 0.05) is 0 Å². The van der Waals surface area contributed by atoms with E-state index < -0.39 is 0 Å². The van der Waals surface area contributed by atoms with Gasteiger partial charge in [-0.2, -0.15) is 0 Å². The zero-order valence-corrected chi connectivity index (χ0v) is 7.91. The highest BCUT2D eigenvalue weighted by Gasteiger charge is 2.05. The maximum atomic E-state index is 2.30. The second kappa shape index (κ2) is 2.75. The Balaban J connectivity index is 3.15. The fourth-order valence-corrected chi connectivity index (χ4v) is 2.25. The van der Waals surface area contributed by atoms with E-state index in [0.717, 1.165) is 0 Å². The van der Waals surface area contributed by atoms with Crippen molar-refractivity contribution in [3.63, 3.8) is 0 Å². The lowest BCUT2D eigenvalue weighted by molar-refractivity contribution is 0.398. The van der Waals surface area contributed by atoms with E-state index in [1.165, 1.54) is 28.0 Å². The van der Waals surface area contributed by atoms with Crippen LogP contribution in [0.25, 0.3) is 0 Å². The largest absolute Gasteiger partial charge is 0.211 e. The van der Waals surface area contributed by atoms with Gasteiger partial charge in [0.1, 0.15) is 0 Å². The summed E-state index contributed by atoms with van der Waals surface area (Å²) < 4.78 is 0. The van der Waals surface area contributed by atoms with E-state index in [9.17, 15) is 0 Å². The summed E-state index contributed by atoms with van der Waals surface area (Å²) in [5.41, 5.74) is 0.585. The van der Waals surface area contributed by atoms with Crippen LogP contribution >= 0.6 is 0 Å². The van der Waals surface area contributed by atoms with E-state index in [0.29, 0.717) is 5.41 Å². The molecule has 0 saturated carbocycles. The molecule has 1 heteroatoms. The van der Waals surface area contributed by atoms with Crippen LogP contribution < -0.4 is 0 Å². The lowest BCUT2D eigenvalue weighted by Gasteiger charge is -2.15. The van der Waals surface area contributed by atoms with E-state index >= 15 is 0 Å². The molecule has 7 heavy (non-hydrogen) atoms. The third-order valence-electron chi connectivity index (χ3n) is 1.000. The molecule has 0 aliphatic rings.